The second-order valence-corrected chi connectivity index (χ2v) is 10.9. The molecule has 1 heterocycles. The van der Waals surface area contributed by atoms with E-state index >= 15 is 0 Å². The molecule has 0 spiro atoms. The van der Waals surface area contributed by atoms with Crippen LogP contribution < -0.4 is 4.72 Å². The molecule has 0 aliphatic rings. The van der Waals surface area contributed by atoms with Gasteiger partial charge in [-0.1, -0.05) is 55.4 Å². The van der Waals surface area contributed by atoms with Crippen molar-refractivity contribution in [2.75, 3.05) is 11.0 Å². The maximum atomic E-state index is 14.4. The van der Waals surface area contributed by atoms with E-state index in [2.05, 4.69) is 23.6 Å². The summed E-state index contributed by atoms with van der Waals surface area (Å²) < 4.78 is 44.4. The van der Waals surface area contributed by atoms with E-state index in [0.29, 0.717) is 15.7 Å². The van der Waals surface area contributed by atoms with E-state index in [4.69, 9.17) is 11.6 Å². The molecule has 0 saturated heterocycles. The maximum absolute atomic E-state index is 14.4. The Bertz CT molecular complexity index is 1340. The zero-order valence-corrected chi connectivity index (χ0v) is 21.8. The zero-order chi connectivity index (χ0) is 25.2. The average molecular weight is 532 g/mol. The topological polar surface area (TPSA) is 46.9 Å². The van der Waals surface area contributed by atoms with Gasteiger partial charge < -0.3 is 4.72 Å². The van der Waals surface area contributed by atoms with E-state index in [9.17, 15) is 13.0 Å². The van der Waals surface area contributed by atoms with Gasteiger partial charge in [-0.15, -0.1) is 0 Å². The number of benzene rings is 3. The van der Waals surface area contributed by atoms with Crippen LogP contribution in [0.1, 0.15) is 30.7 Å². The molecule has 0 fully saturated rings. The fraction of sp³-hybridized carbons (Fsp3) is 0.192. The third-order valence-electron chi connectivity index (χ3n) is 5.73. The standard InChI is InChI=1S/C26H24ClF2N3OS2/c1-26(2,17-7-11-19(12-8-17)31-35(3)33)24-15-30-25(32(24)20-13-9-18(28)10-14-20)34-16-21-22(27)5-4-6-23(21)29/h4-15,31H,16H2,1-3H3. The Kier molecular flexibility index (Phi) is 7.64. The van der Waals surface area contributed by atoms with Crippen LogP contribution in [0.3, 0.4) is 0 Å². The van der Waals surface area contributed by atoms with E-state index < -0.39 is 16.4 Å². The summed E-state index contributed by atoms with van der Waals surface area (Å²) >= 11 is 7.58. The molecule has 1 aromatic heterocycles. The summed E-state index contributed by atoms with van der Waals surface area (Å²) in [5.74, 6) is -0.413. The first-order valence-corrected chi connectivity index (χ1v) is 13.7. The maximum Gasteiger partial charge on any atom is 0.173 e. The highest BCUT2D eigenvalue weighted by molar-refractivity contribution is 7.98. The normalized spacial score (nSPS) is 12.5. The van der Waals surface area contributed by atoms with Crippen LogP contribution in [-0.2, 0) is 22.2 Å². The number of anilines is 1. The Morgan fingerprint density at radius 1 is 1.06 bits per heavy atom. The van der Waals surface area contributed by atoms with Crippen molar-refractivity contribution in [3.8, 4) is 5.69 Å². The van der Waals surface area contributed by atoms with Crippen molar-refractivity contribution in [1.82, 2.24) is 9.55 Å². The van der Waals surface area contributed by atoms with Gasteiger partial charge in [0, 0.05) is 39.4 Å². The Hall–Kier alpha value is -2.68. The molecule has 4 nitrogen and oxygen atoms in total. The van der Waals surface area contributed by atoms with Gasteiger partial charge in [0.1, 0.15) is 22.6 Å². The van der Waals surface area contributed by atoms with Gasteiger partial charge in [0.05, 0.1) is 11.9 Å². The minimum Gasteiger partial charge on any atom is -0.305 e. The number of hydrogen-bond donors (Lipinski definition) is 1. The van der Waals surface area contributed by atoms with Crippen LogP contribution in [0.4, 0.5) is 14.5 Å². The second kappa shape index (κ2) is 10.5. The Labute approximate surface area is 215 Å². The Balaban J connectivity index is 1.74. The lowest BCUT2D eigenvalue weighted by atomic mass is 9.81. The highest BCUT2D eigenvalue weighted by Crippen LogP contribution is 2.37. The van der Waals surface area contributed by atoms with Crippen molar-refractivity contribution in [2.45, 2.75) is 30.2 Å². The van der Waals surface area contributed by atoms with Gasteiger partial charge in [-0.25, -0.2) is 18.0 Å². The van der Waals surface area contributed by atoms with Crippen LogP contribution >= 0.6 is 23.4 Å². The number of aromatic nitrogens is 2. The number of hydrogen-bond acceptors (Lipinski definition) is 3. The van der Waals surface area contributed by atoms with E-state index in [0.717, 1.165) is 22.6 Å². The summed E-state index contributed by atoms with van der Waals surface area (Å²) in [6, 6.07) is 18.5. The molecule has 0 radical (unpaired) electrons. The van der Waals surface area contributed by atoms with Crippen molar-refractivity contribution < 1.29 is 13.0 Å². The summed E-state index contributed by atoms with van der Waals surface area (Å²) in [5, 5.41) is 0.998. The number of halogens is 3. The van der Waals surface area contributed by atoms with Crippen LogP contribution in [0.5, 0.6) is 0 Å². The molecular formula is C26H24ClF2N3OS2. The molecule has 0 saturated carbocycles. The van der Waals surface area contributed by atoms with Gasteiger partial charge in [-0.2, -0.15) is 0 Å². The first-order chi connectivity index (χ1) is 16.7. The highest BCUT2D eigenvalue weighted by Gasteiger charge is 2.29. The van der Waals surface area contributed by atoms with Crippen molar-refractivity contribution in [3.05, 3.63) is 106 Å². The first kappa shape index (κ1) is 25.4. The van der Waals surface area contributed by atoms with Crippen LogP contribution in [-0.4, -0.2) is 20.0 Å². The molecule has 9 heteroatoms. The fourth-order valence-electron chi connectivity index (χ4n) is 3.79. The Morgan fingerprint density at radius 3 is 2.37 bits per heavy atom. The molecule has 3 aromatic carbocycles. The molecule has 0 aliphatic heterocycles. The fourth-order valence-corrected chi connectivity index (χ4v) is 5.60. The predicted octanol–water partition coefficient (Wildman–Crippen LogP) is 7.13. The van der Waals surface area contributed by atoms with Crippen LogP contribution in [0.15, 0.2) is 78.1 Å². The summed E-state index contributed by atoms with van der Waals surface area (Å²) in [6.07, 6.45) is 3.37. The molecule has 0 aliphatic carbocycles. The predicted molar refractivity (Wildman–Crippen MR) is 141 cm³/mol. The van der Waals surface area contributed by atoms with Crippen molar-refractivity contribution >= 4 is 40.0 Å². The molecule has 0 bridgehead atoms. The minimum absolute atomic E-state index is 0.290. The van der Waals surface area contributed by atoms with Crippen LogP contribution in [0.2, 0.25) is 5.02 Å². The van der Waals surface area contributed by atoms with Gasteiger partial charge >= 0.3 is 0 Å². The Morgan fingerprint density at radius 2 is 1.74 bits per heavy atom. The quantitative estimate of drug-likeness (QED) is 0.246. The third kappa shape index (κ3) is 5.60. The van der Waals surface area contributed by atoms with Crippen LogP contribution in [0, 0.1) is 11.6 Å². The van der Waals surface area contributed by atoms with E-state index in [-0.39, 0.29) is 17.4 Å². The highest BCUT2D eigenvalue weighted by atomic mass is 35.5. The average Bonchev–Trinajstić information content (AvgIpc) is 3.24. The lowest BCUT2D eigenvalue weighted by molar-refractivity contribution is 0.591. The molecule has 182 valence electrons. The molecule has 1 unspecified atom stereocenters. The van der Waals surface area contributed by atoms with Gasteiger partial charge in [0.25, 0.3) is 0 Å². The minimum atomic E-state index is -1.16. The van der Waals surface area contributed by atoms with Gasteiger partial charge in [0.15, 0.2) is 5.16 Å². The monoisotopic (exact) mass is 531 g/mol. The molecule has 1 N–H and O–H groups in total. The van der Waals surface area contributed by atoms with Gasteiger partial charge in [-0.3, -0.25) is 4.57 Å². The number of thioether (sulfide) groups is 1. The van der Waals surface area contributed by atoms with Crippen molar-refractivity contribution in [1.29, 1.82) is 0 Å². The van der Waals surface area contributed by atoms with E-state index in [1.165, 1.54) is 30.0 Å². The van der Waals surface area contributed by atoms with Gasteiger partial charge in [0.2, 0.25) is 0 Å². The van der Waals surface area contributed by atoms with E-state index in [1.807, 2.05) is 28.8 Å². The summed E-state index contributed by atoms with van der Waals surface area (Å²) in [7, 11) is -1.16. The summed E-state index contributed by atoms with van der Waals surface area (Å²) in [5.41, 5.74) is 3.32. The largest absolute Gasteiger partial charge is 0.305 e. The van der Waals surface area contributed by atoms with Gasteiger partial charge in [-0.05, 0) is 54.1 Å². The number of rotatable bonds is 8. The third-order valence-corrected chi connectivity index (χ3v) is 7.59. The van der Waals surface area contributed by atoms with E-state index in [1.54, 1.807) is 36.7 Å². The smallest absolute Gasteiger partial charge is 0.173 e. The number of imidazole rings is 1. The summed E-state index contributed by atoms with van der Waals surface area (Å²) in [6.45, 7) is 4.15. The SMILES string of the molecule is CS(=O)Nc1ccc(C(C)(C)c2cnc(SCc3c(F)cccc3Cl)n2-c2ccc(F)cc2)cc1. The molecule has 4 rings (SSSR count). The van der Waals surface area contributed by atoms with Crippen molar-refractivity contribution in [2.24, 2.45) is 0 Å². The second-order valence-electron chi connectivity index (χ2n) is 8.49. The molecule has 35 heavy (non-hydrogen) atoms. The number of nitrogens with one attached hydrogen (secondary N) is 1. The molecule has 1 atom stereocenters. The molecule has 0 amide bonds. The lowest BCUT2D eigenvalue weighted by Crippen LogP contribution is -2.23. The van der Waals surface area contributed by atoms with Crippen molar-refractivity contribution in [3.63, 3.8) is 0 Å². The lowest BCUT2D eigenvalue weighted by Gasteiger charge is -2.27. The first-order valence-electron chi connectivity index (χ1n) is 10.8. The van der Waals surface area contributed by atoms with Crippen LogP contribution in [0.25, 0.3) is 5.69 Å². The summed E-state index contributed by atoms with van der Waals surface area (Å²) in [4.78, 5) is 4.65. The number of nitrogens with zero attached hydrogens (tertiary/aromatic N) is 2. The molecular weight excluding hydrogens is 508 g/mol. The zero-order valence-electron chi connectivity index (χ0n) is 19.4. The molecule has 4 aromatic rings.